The molecule has 1 aromatic heterocycles. The SMILES string of the molecule is CCC(C)N1CCN(C(=O)c2cc(N)cn2C)CC1. The number of nitrogens with two attached hydrogens (primary N) is 1. The molecule has 2 rings (SSSR count). The molecule has 0 spiro atoms. The molecule has 1 atom stereocenters. The summed E-state index contributed by atoms with van der Waals surface area (Å²) in [5.41, 5.74) is 7.04. The molecule has 1 fully saturated rings. The minimum Gasteiger partial charge on any atom is -0.397 e. The van der Waals surface area contributed by atoms with Gasteiger partial charge in [0.25, 0.3) is 5.91 Å². The molecule has 1 unspecified atom stereocenters. The predicted molar refractivity (Wildman–Crippen MR) is 77.1 cm³/mol. The van der Waals surface area contributed by atoms with E-state index >= 15 is 0 Å². The second-order valence-electron chi connectivity index (χ2n) is 5.36. The molecule has 19 heavy (non-hydrogen) atoms. The summed E-state index contributed by atoms with van der Waals surface area (Å²) in [6, 6.07) is 2.35. The highest BCUT2D eigenvalue weighted by Gasteiger charge is 2.25. The summed E-state index contributed by atoms with van der Waals surface area (Å²) >= 11 is 0. The van der Waals surface area contributed by atoms with Crippen LogP contribution in [0.4, 0.5) is 5.69 Å². The fourth-order valence-electron chi connectivity index (χ4n) is 2.59. The van der Waals surface area contributed by atoms with E-state index in [2.05, 4.69) is 18.7 Å². The van der Waals surface area contributed by atoms with Crippen molar-refractivity contribution in [2.24, 2.45) is 7.05 Å². The Kier molecular flexibility index (Phi) is 4.14. The van der Waals surface area contributed by atoms with Crippen LogP contribution < -0.4 is 5.73 Å². The number of anilines is 1. The Morgan fingerprint density at radius 1 is 1.37 bits per heavy atom. The molecule has 1 saturated heterocycles. The van der Waals surface area contributed by atoms with Crippen molar-refractivity contribution < 1.29 is 4.79 Å². The van der Waals surface area contributed by atoms with Gasteiger partial charge in [-0.2, -0.15) is 0 Å². The van der Waals surface area contributed by atoms with Gasteiger partial charge in [0.05, 0.1) is 5.69 Å². The summed E-state index contributed by atoms with van der Waals surface area (Å²) in [5, 5.41) is 0. The molecule has 0 saturated carbocycles. The summed E-state index contributed by atoms with van der Waals surface area (Å²) < 4.78 is 1.80. The molecule has 0 aromatic carbocycles. The molecule has 1 aliphatic heterocycles. The van der Waals surface area contributed by atoms with Crippen molar-refractivity contribution in [1.82, 2.24) is 14.4 Å². The number of rotatable bonds is 3. The third-order valence-electron chi connectivity index (χ3n) is 4.06. The van der Waals surface area contributed by atoms with Crippen LogP contribution in [0.1, 0.15) is 30.8 Å². The van der Waals surface area contributed by atoms with Crippen molar-refractivity contribution in [2.45, 2.75) is 26.3 Å². The number of piperazine rings is 1. The molecule has 0 aliphatic carbocycles. The molecule has 5 heteroatoms. The van der Waals surface area contributed by atoms with Crippen LogP contribution in [0, 0.1) is 0 Å². The third kappa shape index (κ3) is 2.92. The van der Waals surface area contributed by atoms with Crippen LogP contribution in [0.2, 0.25) is 0 Å². The lowest BCUT2D eigenvalue weighted by Gasteiger charge is -2.37. The number of hydrogen-bond donors (Lipinski definition) is 1. The first-order valence-corrected chi connectivity index (χ1v) is 6.98. The van der Waals surface area contributed by atoms with Gasteiger partial charge in [-0.3, -0.25) is 9.69 Å². The van der Waals surface area contributed by atoms with Gasteiger partial charge in [0.15, 0.2) is 0 Å². The molecule has 2 N–H and O–H groups in total. The molecule has 5 nitrogen and oxygen atoms in total. The summed E-state index contributed by atoms with van der Waals surface area (Å²) in [4.78, 5) is 16.8. The zero-order valence-corrected chi connectivity index (χ0v) is 12.1. The number of aryl methyl sites for hydroxylation is 1. The van der Waals surface area contributed by atoms with Crippen molar-refractivity contribution in [2.75, 3.05) is 31.9 Å². The van der Waals surface area contributed by atoms with Crippen LogP contribution in [0.25, 0.3) is 0 Å². The molecular weight excluding hydrogens is 240 g/mol. The van der Waals surface area contributed by atoms with Crippen molar-refractivity contribution in [3.05, 3.63) is 18.0 Å². The van der Waals surface area contributed by atoms with Gasteiger partial charge >= 0.3 is 0 Å². The Hall–Kier alpha value is -1.49. The van der Waals surface area contributed by atoms with E-state index in [0.717, 1.165) is 32.6 Å². The van der Waals surface area contributed by atoms with Crippen LogP contribution in [-0.4, -0.2) is 52.5 Å². The summed E-state index contributed by atoms with van der Waals surface area (Å²) in [6.45, 7) is 7.97. The monoisotopic (exact) mass is 264 g/mol. The summed E-state index contributed by atoms with van der Waals surface area (Å²) in [5.74, 6) is 0.0861. The lowest BCUT2D eigenvalue weighted by atomic mass is 10.2. The normalized spacial score (nSPS) is 18.6. The Labute approximate surface area is 115 Å². The molecule has 2 heterocycles. The number of amides is 1. The third-order valence-corrected chi connectivity index (χ3v) is 4.06. The average molecular weight is 264 g/mol. The lowest BCUT2D eigenvalue weighted by Crippen LogP contribution is -2.51. The highest BCUT2D eigenvalue weighted by Crippen LogP contribution is 2.14. The zero-order valence-electron chi connectivity index (χ0n) is 12.1. The number of nitrogens with zero attached hydrogens (tertiary/aromatic N) is 3. The van der Waals surface area contributed by atoms with Gasteiger partial charge in [0.2, 0.25) is 0 Å². The van der Waals surface area contributed by atoms with Crippen molar-refractivity contribution >= 4 is 11.6 Å². The van der Waals surface area contributed by atoms with E-state index < -0.39 is 0 Å². The molecule has 0 radical (unpaired) electrons. The van der Waals surface area contributed by atoms with E-state index in [1.807, 2.05) is 11.9 Å². The van der Waals surface area contributed by atoms with Gasteiger partial charge in [-0.15, -0.1) is 0 Å². The molecule has 1 aliphatic rings. The van der Waals surface area contributed by atoms with Crippen molar-refractivity contribution in [1.29, 1.82) is 0 Å². The topological polar surface area (TPSA) is 54.5 Å². The maximum atomic E-state index is 12.4. The number of carbonyl (C=O) groups excluding carboxylic acids is 1. The molecular formula is C14H24N4O. The first-order chi connectivity index (χ1) is 9.02. The standard InChI is InChI=1S/C14H24N4O/c1-4-11(2)17-5-7-18(8-6-17)14(19)13-9-12(15)10-16(13)3/h9-11H,4-8,15H2,1-3H3. The average Bonchev–Trinajstić information content (AvgIpc) is 2.76. The Morgan fingerprint density at radius 2 is 2.00 bits per heavy atom. The first kappa shape index (κ1) is 13.9. The Bertz CT molecular complexity index is 446. The van der Waals surface area contributed by atoms with Gasteiger partial charge < -0.3 is 15.2 Å². The van der Waals surface area contributed by atoms with Crippen LogP contribution in [-0.2, 0) is 7.05 Å². The van der Waals surface area contributed by atoms with Crippen molar-refractivity contribution in [3.8, 4) is 0 Å². The highest BCUT2D eigenvalue weighted by molar-refractivity contribution is 5.93. The number of hydrogen-bond acceptors (Lipinski definition) is 3. The maximum absolute atomic E-state index is 12.4. The van der Waals surface area contributed by atoms with E-state index in [1.165, 1.54) is 0 Å². The number of nitrogen functional groups attached to an aromatic ring is 1. The van der Waals surface area contributed by atoms with Gasteiger partial charge in [0.1, 0.15) is 5.69 Å². The van der Waals surface area contributed by atoms with E-state index in [4.69, 9.17) is 5.73 Å². The van der Waals surface area contributed by atoms with Crippen LogP contribution in [0.3, 0.4) is 0 Å². The number of carbonyl (C=O) groups is 1. The molecule has 1 aromatic rings. The minimum atomic E-state index is 0.0861. The predicted octanol–water partition coefficient (Wildman–Crippen LogP) is 1.16. The first-order valence-electron chi connectivity index (χ1n) is 6.98. The van der Waals surface area contributed by atoms with E-state index in [0.29, 0.717) is 17.4 Å². The smallest absolute Gasteiger partial charge is 0.270 e. The summed E-state index contributed by atoms with van der Waals surface area (Å²) in [6.07, 6.45) is 2.94. The highest BCUT2D eigenvalue weighted by atomic mass is 16.2. The fraction of sp³-hybridized carbons (Fsp3) is 0.643. The Morgan fingerprint density at radius 3 is 2.47 bits per heavy atom. The maximum Gasteiger partial charge on any atom is 0.270 e. The largest absolute Gasteiger partial charge is 0.397 e. The second kappa shape index (κ2) is 5.65. The summed E-state index contributed by atoms with van der Waals surface area (Å²) in [7, 11) is 1.86. The quantitative estimate of drug-likeness (QED) is 0.891. The van der Waals surface area contributed by atoms with Crippen LogP contribution in [0.5, 0.6) is 0 Å². The van der Waals surface area contributed by atoms with E-state index in [-0.39, 0.29) is 5.91 Å². The molecule has 1 amide bonds. The van der Waals surface area contributed by atoms with E-state index in [9.17, 15) is 4.79 Å². The van der Waals surface area contributed by atoms with Gasteiger partial charge in [-0.05, 0) is 19.4 Å². The second-order valence-corrected chi connectivity index (χ2v) is 5.36. The molecule has 0 bridgehead atoms. The minimum absolute atomic E-state index is 0.0861. The van der Waals surface area contributed by atoms with Crippen LogP contribution in [0.15, 0.2) is 12.3 Å². The van der Waals surface area contributed by atoms with E-state index in [1.54, 1.807) is 16.8 Å². The van der Waals surface area contributed by atoms with Crippen molar-refractivity contribution in [3.63, 3.8) is 0 Å². The zero-order chi connectivity index (χ0) is 14.0. The molecule has 106 valence electrons. The lowest BCUT2D eigenvalue weighted by molar-refractivity contribution is 0.0571. The van der Waals surface area contributed by atoms with Crippen LogP contribution >= 0.6 is 0 Å². The number of aromatic nitrogens is 1. The van der Waals surface area contributed by atoms with Gasteiger partial charge in [0, 0.05) is 45.5 Å². The Balaban J connectivity index is 1.98. The van der Waals surface area contributed by atoms with Gasteiger partial charge in [-0.1, -0.05) is 6.92 Å². The fourth-order valence-corrected chi connectivity index (χ4v) is 2.59. The van der Waals surface area contributed by atoms with Gasteiger partial charge in [-0.25, -0.2) is 0 Å².